The first-order chi connectivity index (χ1) is 10.1. The molecular weight excluding hydrogens is 306 g/mol. The molecular formula is C15H15NO3S2. The molecule has 0 saturated heterocycles. The average Bonchev–Trinajstić information content (AvgIpc) is 2.53. The summed E-state index contributed by atoms with van der Waals surface area (Å²) in [5.74, 6) is 0.798. The van der Waals surface area contributed by atoms with Gasteiger partial charge in [0.1, 0.15) is 4.90 Å². The normalized spacial score (nSPS) is 17.6. The zero-order chi connectivity index (χ0) is 15.3. The largest absolute Gasteiger partial charge is 0.358 e. The number of oxime groups is 1. The minimum absolute atomic E-state index is 0.0765. The Morgan fingerprint density at radius 3 is 2.52 bits per heavy atom. The Morgan fingerprint density at radius 2 is 1.90 bits per heavy atom. The van der Waals surface area contributed by atoms with Crippen LogP contribution in [0.2, 0.25) is 0 Å². The van der Waals surface area contributed by atoms with Gasteiger partial charge in [0.25, 0.3) is 0 Å². The summed E-state index contributed by atoms with van der Waals surface area (Å²) < 4.78 is 28.9. The molecule has 0 radical (unpaired) electrons. The van der Waals surface area contributed by atoms with Gasteiger partial charge in [-0.15, -0.1) is 11.8 Å². The number of rotatable bonds is 5. The van der Waals surface area contributed by atoms with Crippen LogP contribution >= 0.6 is 11.8 Å². The summed E-state index contributed by atoms with van der Waals surface area (Å²) in [6, 6.07) is 7.92. The summed E-state index contributed by atoms with van der Waals surface area (Å²) in [5, 5.41) is 3.82. The van der Waals surface area contributed by atoms with Crippen LogP contribution in [0.4, 0.5) is 0 Å². The summed E-state index contributed by atoms with van der Waals surface area (Å²) in [6.45, 7) is 7.46. The molecule has 0 fully saturated rings. The lowest BCUT2D eigenvalue weighted by Crippen LogP contribution is -2.12. The van der Waals surface area contributed by atoms with Crippen molar-refractivity contribution in [1.29, 1.82) is 0 Å². The van der Waals surface area contributed by atoms with Crippen molar-refractivity contribution < 1.29 is 12.7 Å². The van der Waals surface area contributed by atoms with Gasteiger partial charge in [0.05, 0.1) is 5.71 Å². The standard InChI is InChI=1S/C15H15NO3S2/c1-3-13-14(10-11-20-15(13)4-2)16-19-21(17,18)12-8-6-5-7-9-12/h3-9H,1-2,10-11H2. The van der Waals surface area contributed by atoms with Crippen LogP contribution in [-0.2, 0) is 14.4 Å². The van der Waals surface area contributed by atoms with Crippen LogP contribution in [0.25, 0.3) is 0 Å². The van der Waals surface area contributed by atoms with Crippen molar-refractivity contribution in [1.82, 2.24) is 0 Å². The van der Waals surface area contributed by atoms with Crippen molar-refractivity contribution in [3.05, 3.63) is 66.1 Å². The van der Waals surface area contributed by atoms with Crippen LogP contribution in [0.3, 0.4) is 0 Å². The molecule has 1 aromatic carbocycles. The summed E-state index contributed by atoms with van der Waals surface area (Å²) in [4.78, 5) is 1.00. The van der Waals surface area contributed by atoms with Crippen molar-refractivity contribution in [3.63, 3.8) is 0 Å². The van der Waals surface area contributed by atoms with E-state index in [1.807, 2.05) is 0 Å². The molecule has 4 nitrogen and oxygen atoms in total. The van der Waals surface area contributed by atoms with Gasteiger partial charge in [-0.25, -0.2) is 0 Å². The number of nitrogens with zero attached hydrogens (tertiary/aromatic N) is 1. The number of hydrogen-bond acceptors (Lipinski definition) is 5. The van der Waals surface area contributed by atoms with E-state index >= 15 is 0 Å². The van der Waals surface area contributed by atoms with Crippen LogP contribution in [0.15, 0.2) is 76.2 Å². The minimum Gasteiger partial charge on any atom is -0.264 e. The summed E-state index contributed by atoms with van der Waals surface area (Å²) in [5.41, 5.74) is 1.34. The van der Waals surface area contributed by atoms with Gasteiger partial charge in [0.2, 0.25) is 0 Å². The molecule has 0 N–H and O–H groups in total. The predicted octanol–water partition coefficient (Wildman–Crippen LogP) is 3.51. The molecule has 0 atom stereocenters. The van der Waals surface area contributed by atoms with Gasteiger partial charge in [-0.1, -0.05) is 48.7 Å². The molecule has 6 heteroatoms. The topological polar surface area (TPSA) is 55.7 Å². The Labute approximate surface area is 129 Å². The van der Waals surface area contributed by atoms with Crippen LogP contribution < -0.4 is 0 Å². The molecule has 1 heterocycles. The maximum absolute atomic E-state index is 12.0. The molecule has 0 aliphatic carbocycles. The quantitative estimate of drug-likeness (QED) is 0.779. The van der Waals surface area contributed by atoms with Crippen molar-refractivity contribution in [3.8, 4) is 0 Å². The summed E-state index contributed by atoms with van der Waals surface area (Å²) in [7, 11) is -3.89. The Kier molecular flexibility index (Phi) is 5.03. The highest BCUT2D eigenvalue weighted by molar-refractivity contribution is 8.03. The molecule has 1 aliphatic rings. The van der Waals surface area contributed by atoms with Crippen molar-refractivity contribution in [2.45, 2.75) is 11.3 Å². The minimum atomic E-state index is -3.89. The van der Waals surface area contributed by atoms with E-state index in [0.717, 1.165) is 16.2 Å². The van der Waals surface area contributed by atoms with Gasteiger partial charge in [-0.05, 0) is 12.1 Å². The zero-order valence-corrected chi connectivity index (χ0v) is 13.0. The third-order valence-corrected chi connectivity index (χ3v) is 5.07. The second-order valence-corrected chi connectivity index (χ2v) is 6.83. The fourth-order valence-corrected chi connectivity index (χ4v) is 3.57. The fraction of sp³-hybridized carbons (Fsp3) is 0.133. The molecule has 0 saturated carbocycles. The highest BCUT2D eigenvalue weighted by Gasteiger charge is 2.19. The molecule has 110 valence electrons. The molecule has 2 rings (SSSR count). The number of allylic oxidation sites excluding steroid dienone is 3. The van der Waals surface area contributed by atoms with E-state index in [9.17, 15) is 8.42 Å². The molecule has 1 aliphatic heterocycles. The van der Waals surface area contributed by atoms with Gasteiger partial charge in [-0.3, -0.25) is 4.28 Å². The average molecular weight is 321 g/mol. The number of benzene rings is 1. The van der Waals surface area contributed by atoms with Crippen molar-refractivity contribution in [2.24, 2.45) is 5.16 Å². The van der Waals surface area contributed by atoms with E-state index in [1.165, 1.54) is 12.1 Å². The number of hydrogen-bond donors (Lipinski definition) is 0. The van der Waals surface area contributed by atoms with Gasteiger partial charge in [0.15, 0.2) is 0 Å². The maximum atomic E-state index is 12.0. The second kappa shape index (κ2) is 6.78. The molecule has 0 bridgehead atoms. The monoisotopic (exact) mass is 321 g/mol. The van der Waals surface area contributed by atoms with E-state index in [0.29, 0.717) is 12.1 Å². The third-order valence-electron chi connectivity index (χ3n) is 2.84. The van der Waals surface area contributed by atoms with Gasteiger partial charge in [0, 0.05) is 22.7 Å². The van der Waals surface area contributed by atoms with Crippen LogP contribution in [0.5, 0.6) is 0 Å². The van der Waals surface area contributed by atoms with E-state index < -0.39 is 10.1 Å². The summed E-state index contributed by atoms with van der Waals surface area (Å²) in [6.07, 6.45) is 3.97. The molecule has 0 spiro atoms. The molecule has 21 heavy (non-hydrogen) atoms. The molecule has 0 unspecified atom stereocenters. The van der Waals surface area contributed by atoms with Crippen LogP contribution in [-0.4, -0.2) is 19.9 Å². The fourth-order valence-electron chi connectivity index (χ4n) is 1.82. The van der Waals surface area contributed by atoms with Gasteiger partial charge < -0.3 is 0 Å². The lowest BCUT2D eigenvalue weighted by atomic mass is 10.1. The third kappa shape index (κ3) is 3.65. The lowest BCUT2D eigenvalue weighted by Gasteiger charge is -2.16. The van der Waals surface area contributed by atoms with E-state index in [4.69, 9.17) is 4.28 Å². The van der Waals surface area contributed by atoms with E-state index in [-0.39, 0.29) is 4.90 Å². The van der Waals surface area contributed by atoms with E-state index in [2.05, 4.69) is 18.3 Å². The number of thioether (sulfide) groups is 1. The highest BCUT2D eigenvalue weighted by atomic mass is 32.2. The molecule has 1 aromatic rings. The van der Waals surface area contributed by atoms with Crippen LogP contribution in [0, 0.1) is 0 Å². The predicted molar refractivity (Wildman–Crippen MR) is 86.6 cm³/mol. The zero-order valence-electron chi connectivity index (χ0n) is 11.4. The van der Waals surface area contributed by atoms with Crippen molar-refractivity contribution >= 4 is 27.6 Å². The van der Waals surface area contributed by atoms with Crippen molar-refractivity contribution in [2.75, 3.05) is 5.75 Å². The van der Waals surface area contributed by atoms with Crippen LogP contribution in [0.1, 0.15) is 6.42 Å². The Bertz CT molecular complexity index is 704. The first kappa shape index (κ1) is 15.6. The smallest absolute Gasteiger partial charge is 0.264 e. The van der Waals surface area contributed by atoms with Gasteiger partial charge >= 0.3 is 10.1 Å². The second-order valence-electron chi connectivity index (χ2n) is 4.16. The lowest BCUT2D eigenvalue weighted by molar-refractivity contribution is 0.338. The Balaban J connectivity index is 2.29. The van der Waals surface area contributed by atoms with Gasteiger partial charge in [-0.2, -0.15) is 8.42 Å². The maximum Gasteiger partial charge on any atom is 0.358 e. The highest BCUT2D eigenvalue weighted by Crippen LogP contribution is 2.30. The Hall–Kier alpha value is -1.79. The SMILES string of the molecule is C=CC1=C(C=C)C(=NOS(=O)(=O)c2ccccc2)CCS1. The van der Waals surface area contributed by atoms with E-state index in [1.54, 1.807) is 42.1 Å². The molecule has 0 aromatic heterocycles. The molecule has 0 amide bonds. The first-order valence-electron chi connectivity index (χ1n) is 6.26. The Morgan fingerprint density at radius 1 is 1.19 bits per heavy atom. The summed E-state index contributed by atoms with van der Waals surface area (Å²) >= 11 is 1.63. The first-order valence-corrected chi connectivity index (χ1v) is 8.66.